The number of rotatable bonds is 8. The van der Waals surface area contributed by atoms with Crippen LogP contribution in [0.4, 0.5) is 0 Å². The zero-order valence-corrected chi connectivity index (χ0v) is 30.5. The fourth-order valence-corrected chi connectivity index (χ4v) is 21.1. The summed E-state index contributed by atoms with van der Waals surface area (Å²) in [5.41, 5.74) is -0.595. The summed E-state index contributed by atoms with van der Waals surface area (Å²) in [4.78, 5) is 41.3. The molecule has 35 heavy (non-hydrogen) atoms. The number of hydrogen-bond acceptors (Lipinski definition) is 3. The quantitative estimate of drug-likeness (QED) is 0.365. The van der Waals surface area contributed by atoms with E-state index >= 15 is 0 Å². The first-order valence-electron chi connectivity index (χ1n) is 14.1. The number of hydrogen-bond donors (Lipinski definition) is 0. The van der Waals surface area contributed by atoms with Gasteiger partial charge in [-0.2, -0.15) is 0 Å². The van der Waals surface area contributed by atoms with Crippen LogP contribution in [0.2, 0.25) is 11.3 Å². The third kappa shape index (κ3) is 7.27. The van der Waals surface area contributed by atoms with Gasteiger partial charge in [-0.25, -0.2) is 0 Å². The molecule has 0 spiro atoms. The summed E-state index contributed by atoms with van der Waals surface area (Å²) in [7, 11) is 0. The standard InChI is InChI=1S/C10H19.C7H13.C6H11.C3H3N3O3.3Sn/c1-3-9(2)10-7-5-4-6-8-10;1-7-5-3-2-4-6-7;1-2-4-6-5-3-1;7-1-4-2(8)6-3(9)5-1;;;/h3,9-10H,4-8H2,1-2H3;2-6H2,1H3;1H,2-6H2;(H3,4,5,6,7,8,9);;;/q;;;;3*+1/p-3/t9-;;;;;;/m0....../s1. The molecule has 3 aliphatic rings. The Bertz CT molecular complexity index is 1020. The van der Waals surface area contributed by atoms with Crippen LogP contribution in [0.5, 0.6) is 0 Å². The van der Waals surface area contributed by atoms with E-state index in [0.717, 1.165) is 18.8 Å². The number of nitrogens with zero attached hydrogens (tertiary/aromatic N) is 3. The van der Waals surface area contributed by atoms with E-state index in [0.29, 0.717) is 13.8 Å². The van der Waals surface area contributed by atoms with Gasteiger partial charge < -0.3 is 0 Å². The summed E-state index contributed by atoms with van der Waals surface area (Å²) in [5, 5.41) is 0. The van der Waals surface area contributed by atoms with E-state index in [-0.39, 0.29) is 20.5 Å². The Kier molecular flexibility index (Phi) is 10.9. The molecule has 2 atom stereocenters. The Morgan fingerprint density at radius 2 is 1.23 bits per heavy atom. The summed E-state index contributed by atoms with van der Waals surface area (Å²) >= 11 is -4.34. The molecule has 3 fully saturated rings. The van der Waals surface area contributed by atoms with E-state index in [2.05, 4.69) is 20.8 Å². The van der Waals surface area contributed by atoms with Gasteiger partial charge in [0, 0.05) is 0 Å². The second-order valence-corrected chi connectivity index (χ2v) is 26.0. The van der Waals surface area contributed by atoms with Crippen molar-refractivity contribution in [2.45, 2.75) is 128 Å². The van der Waals surface area contributed by atoms with Crippen LogP contribution in [0.15, 0.2) is 14.4 Å². The average Bonchev–Trinajstić information content (AvgIpc) is 2.88. The van der Waals surface area contributed by atoms with Gasteiger partial charge in [-0.05, 0) is 0 Å². The first-order valence-corrected chi connectivity index (χ1v) is 22.7. The third-order valence-electron chi connectivity index (χ3n) is 8.92. The topological polar surface area (TPSA) is 66.0 Å². The molecule has 0 bridgehead atoms. The summed E-state index contributed by atoms with van der Waals surface area (Å²) in [5.74, 6) is 1.30. The van der Waals surface area contributed by atoms with E-state index in [4.69, 9.17) is 0 Å². The van der Waals surface area contributed by atoms with E-state index in [9.17, 15) is 14.4 Å². The fourth-order valence-electron chi connectivity index (χ4n) is 6.38. The summed E-state index contributed by atoms with van der Waals surface area (Å²) in [6.45, 7) is 6.97. The van der Waals surface area contributed by atoms with Gasteiger partial charge in [0.2, 0.25) is 0 Å². The van der Waals surface area contributed by atoms with Gasteiger partial charge in [0.25, 0.3) is 0 Å². The first-order chi connectivity index (χ1) is 16.8. The third-order valence-corrected chi connectivity index (χ3v) is 22.6. The second-order valence-electron chi connectivity index (χ2n) is 11.7. The monoisotopic (exact) mass is 805 g/mol. The Morgan fingerprint density at radius 1 is 0.714 bits per heavy atom. The fraction of sp³-hybridized carbons (Fsp3) is 0.885. The van der Waals surface area contributed by atoms with Gasteiger partial charge in [0.15, 0.2) is 0 Å². The molecular formula is C26H43N3O3Sn3. The van der Waals surface area contributed by atoms with E-state index < -0.39 is 64.2 Å². The molecule has 1 unspecified atom stereocenters. The van der Waals surface area contributed by atoms with Crippen molar-refractivity contribution in [2.24, 2.45) is 11.8 Å². The molecule has 6 nitrogen and oxygen atoms in total. The van der Waals surface area contributed by atoms with Crippen LogP contribution in [0.25, 0.3) is 0 Å². The number of aromatic nitrogens is 3. The molecule has 6 radical (unpaired) electrons. The normalized spacial score (nSPS) is 23.7. The van der Waals surface area contributed by atoms with E-state index in [1.54, 1.807) is 8.37 Å². The molecule has 192 valence electrons. The molecule has 9 heteroatoms. The molecule has 0 aromatic carbocycles. The van der Waals surface area contributed by atoms with Crippen molar-refractivity contribution >= 4 is 64.2 Å². The molecule has 0 saturated heterocycles. The molecule has 0 amide bonds. The van der Waals surface area contributed by atoms with Gasteiger partial charge in [-0.1, -0.05) is 0 Å². The summed E-state index contributed by atoms with van der Waals surface area (Å²) in [6.07, 6.45) is 18.7. The maximum absolute atomic E-state index is 13.8. The SMILES string of the molecule is C[CH]([Sn][n]1c(=O)[n]([Sn][CH]2CCCCC2)c(=O)[n]([Sn][C]2(C)CCCCC2)c1=O)[C@H](C)C1CCCCC1. The molecular weight excluding hydrogens is 758 g/mol. The zero-order valence-electron chi connectivity index (χ0n) is 22.0. The minimum atomic E-state index is -1.48. The van der Waals surface area contributed by atoms with Crippen LogP contribution in [0.3, 0.4) is 0 Å². The van der Waals surface area contributed by atoms with Crippen molar-refractivity contribution in [3.05, 3.63) is 31.5 Å². The maximum atomic E-state index is 13.8. The average molecular weight is 802 g/mol. The second kappa shape index (κ2) is 13.2. The Morgan fingerprint density at radius 3 is 1.86 bits per heavy atom. The van der Waals surface area contributed by atoms with Crippen molar-refractivity contribution in [2.75, 3.05) is 0 Å². The predicted octanol–water partition coefficient (Wildman–Crippen LogP) is 4.49. The van der Waals surface area contributed by atoms with Crippen molar-refractivity contribution < 1.29 is 0 Å². The van der Waals surface area contributed by atoms with Crippen LogP contribution in [0, 0.1) is 11.8 Å². The molecule has 3 aliphatic carbocycles. The molecule has 3 saturated carbocycles. The Hall–Kier alpha value is 0.806. The Labute approximate surface area is 242 Å². The van der Waals surface area contributed by atoms with Gasteiger partial charge in [0.1, 0.15) is 0 Å². The van der Waals surface area contributed by atoms with Crippen molar-refractivity contribution in [1.82, 2.24) is 8.37 Å². The van der Waals surface area contributed by atoms with Gasteiger partial charge >= 0.3 is 244 Å². The van der Waals surface area contributed by atoms with Gasteiger partial charge in [-0.15, -0.1) is 0 Å². The molecule has 0 aliphatic heterocycles. The van der Waals surface area contributed by atoms with Crippen LogP contribution in [0.1, 0.15) is 117 Å². The van der Waals surface area contributed by atoms with Crippen LogP contribution in [-0.4, -0.2) is 72.6 Å². The zero-order chi connectivity index (χ0) is 25.0. The van der Waals surface area contributed by atoms with Crippen LogP contribution in [-0.2, 0) is 0 Å². The van der Waals surface area contributed by atoms with E-state index in [1.165, 1.54) is 83.5 Å². The van der Waals surface area contributed by atoms with Gasteiger partial charge in [-0.3, -0.25) is 0 Å². The van der Waals surface area contributed by atoms with E-state index in [1.807, 2.05) is 0 Å². The summed E-state index contributed by atoms with van der Waals surface area (Å²) < 4.78 is 6.22. The van der Waals surface area contributed by atoms with Crippen molar-refractivity contribution in [3.63, 3.8) is 0 Å². The van der Waals surface area contributed by atoms with Crippen LogP contribution < -0.4 is 17.1 Å². The van der Waals surface area contributed by atoms with Crippen LogP contribution >= 0.6 is 0 Å². The molecule has 0 N–H and O–H groups in total. The molecule has 1 aromatic rings. The summed E-state index contributed by atoms with van der Waals surface area (Å²) in [6, 6.07) is 0. The Balaban J connectivity index is 1.68. The van der Waals surface area contributed by atoms with Crippen molar-refractivity contribution in [1.29, 1.82) is 0 Å². The predicted molar refractivity (Wildman–Crippen MR) is 146 cm³/mol. The van der Waals surface area contributed by atoms with Gasteiger partial charge in [0.05, 0.1) is 0 Å². The first kappa shape index (κ1) is 28.8. The molecule has 1 aromatic heterocycles. The molecule has 4 rings (SSSR count). The van der Waals surface area contributed by atoms with Crippen molar-refractivity contribution in [3.8, 4) is 0 Å². The minimum absolute atomic E-state index is 0.159. The molecule has 1 heterocycles.